The van der Waals surface area contributed by atoms with Crippen LogP contribution >= 0.6 is 31.9 Å². The molecular weight excluding hydrogens is 428 g/mol. The van der Waals surface area contributed by atoms with Crippen molar-refractivity contribution in [3.8, 4) is 16.9 Å². The summed E-state index contributed by atoms with van der Waals surface area (Å²) in [5.74, 6) is 0.966. The minimum atomic E-state index is 0.786. The number of hydrogen-bond donors (Lipinski definition) is 0. The Hall–Kier alpha value is -0.800. The number of unbranched alkanes of at least 4 members (excludes halogenated alkanes) is 5. The minimum absolute atomic E-state index is 0.786. The number of hydrogen-bond acceptors (Lipinski definition) is 1. The van der Waals surface area contributed by atoms with Crippen molar-refractivity contribution in [1.82, 2.24) is 0 Å². The third-order valence-corrected chi connectivity index (χ3v) is 5.17. The first-order chi connectivity index (χ1) is 11.6. The molecule has 0 aliphatic carbocycles. The zero-order chi connectivity index (χ0) is 17.4. The van der Waals surface area contributed by atoms with E-state index in [-0.39, 0.29) is 0 Å². The van der Waals surface area contributed by atoms with E-state index in [1.54, 1.807) is 0 Å². The Morgan fingerprint density at radius 1 is 0.792 bits per heavy atom. The quantitative estimate of drug-likeness (QED) is 0.350. The normalized spacial score (nSPS) is 10.8. The fraction of sp³-hybridized carbons (Fsp3) is 0.429. The Kier molecular flexibility index (Phi) is 8.34. The van der Waals surface area contributed by atoms with Crippen molar-refractivity contribution in [1.29, 1.82) is 0 Å². The summed E-state index contributed by atoms with van der Waals surface area (Å²) in [6.07, 6.45) is 7.68. The molecule has 130 valence electrons. The summed E-state index contributed by atoms with van der Waals surface area (Å²) < 4.78 is 8.27. The first-order valence-corrected chi connectivity index (χ1v) is 10.4. The molecule has 0 unspecified atom stereocenters. The second-order valence-corrected chi connectivity index (χ2v) is 8.05. The number of halogens is 2. The van der Waals surface area contributed by atoms with Crippen molar-refractivity contribution >= 4 is 31.9 Å². The molecule has 2 rings (SSSR count). The highest BCUT2D eigenvalue weighted by Gasteiger charge is 2.10. The Labute approximate surface area is 163 Å². The van der Waals surface area contributed by atoms with Gasteiger partial charge in [0, 0.05) is 14.5 Å². The highest BCUT2D eigenvalue weighted by Crippen LogP contribution is 2.36. The fourth-order valence-corrected chi connectivity index (χ4v) is 3.51. The molecule has 1 nitrogen and oxygen atoms in total. The number of benzene rings is 2. The standard InChI is InChI=1S/C21H26Br2O/c1-3-4-5-6-7-8-13-24-21-12-11-18(23)15-20(21)19-14-17(22)10-9-16(19)2/h9-12,14-15H,3-8,13H2,1-2H3. The summed E-state index contributed by atoms with van der Waals surface area (Å²) in [6, 6.07) is 12.6. The molecule has 0 fully saturated rings. The summed E-state index contributed by atoms with van der Waals surface area (Å²) in [7, 11) is 0. The van der Waals surface area contributed by atoms with Crippen molar-refractivity contribution in [2.75, 3.05) is 6.61 Å². The second-order valence-electron chi connectivity index (χ2n) is 6.22. The van der Waals surface area contributed by atoms with Crippen molar-refractivity contribution < 1.29 is 4.74 Å². The van der Waals surface area contributed by atoms with Crippen molar-refractivity contribution in [2.24, 2.45) is 0 Å². The molecular formula is C21H26Br2O. The fourth-order valence-electron chi connectivity index (χ4n) is 2.79. The average molecular weight is 454 g/mol. The van der Waals surface area contributed by atoms with Crippen LogP contribution in [0.4, 0.5) is 0 Å². The van der Waals surface area contributed by atoms with Gasteiger partial charge < -0.3 is 4.74 Å². The molecule has 24 heavy (non-hydrogen) atoms. The molecule has 0 aliphatic rings. The third kappa shape index (κ3) is 5.93. The van der Waals surface area contributed by atoms with Crippen LogP contribution in [-0.4, -0.2) is 6.61 Å². The van der Waals surface area contributed by atoms with Crippen LogP contribution in [0.25, 0.3) is 11.1 Å². The smallest absolute Gasteiger partial charge is 0.127 e. The molecule has 0 amide bonds. The topological polar surface area (TPSA) is 9.23 Å². The molecule has 0 radical (unpaired) electrons. The van der Waals surface area contributed by atoms with Crippen LogP contribution in [0.3, 0.4) is 0 Å². The zero-order valence-corrected chi connectivity index (χ0v) is 17.8. The largest absolute Gasteiger partial charge is 0.493 e. The molecule has 0 saturated heterocycles. The van der Waals surface area contributed by atoms with Gasteiger partial charge in [-0.25, -0.2) is 0 Å². The van der Waals surface area contributed by atoms with Crippen molar-refractivity contribution in [3.05, 3.63) is 50.9 Å². The predicted octanol–water partition coefficient (Wildman–Crippen LogP) is 7.93. The summed E-state index contributed by atoms with van der Waals surface area (Å²) in [4.78, 5) is 0. The van der Waals surface area contributed by atoms with Gasteiger partial charge in [-0.05, 0) is 54.8 Å². The van der Waals surface area contributed by atoms with E-state index in [4.69, 9.17) is 4.74 Å². The van der Waals surface area contributed by atoms with Gasteiger partial charge in [0.25, 0.3) is 0 Å². The molecule has 0 saturated carbocycles. The van der Waals surface area contributed by atoms with Crippen LogP contribution in [0.2, 0.25) is 0 Å². The maximum absolute atomic E-state index is 6.11. The highest BCUT2D eigenvalue weighted by molar-refractivity contribution is 9.10. The van der Waals surface area contributed by atoms with Crippen LogP contribution in [0.15, 0.2) is 45.3 Å². The maximum Gasteiger partial charge on any atom is 0.127 e. The van der Waals surface area contributed by atoms with Crippen LogP contribution in [-0.2, 0) is 0 Å². The van der Waals surface area contributed by atoms with Gasteiger partial charge in [0.1, 0.15) is 5.75 Å². The minimum Gasteiger partial charge on any atom is -0.493 e. The Balaban J connectivity index is 2.04. The second kappa shape index (κ2) is 10.2. The first-order valence-electron chi connectivity index (χ1n) is 8.80. The molecule has 0 aromatic heterocycles. The van der Waals surface area contributed by atoms with E-state index < -0.39 is 0 Å². The van der Waals surface area contributed by atoms with E-state index in [0.717, 1.165) is 33.3 Å². The predicted molar refractivity (Wildman–Crippen MR) is 111 cm³/mol. The molecule has 0 bridgehead atoms. The van der Waals surface area contributed by atoms with E-state index in [1.165, 1.54) is 43.2 Å². The summed E-state index contributed by atoms with van der Waals surface area (Å²) in [6.45, 7) is 5.18. The van der Waals surface area contributed by atoms with E-state index in [0.29, 0.717) is 0 Å². The van der Waals surface area contributed by atoms with Gasteiger partial charge in [0.05, 0.1) is 6.61 Å². The lowest BCUT2D eigenvalue weighted by molar-refractivity contribution is 0.305. The van der Waals surface area contributed by atoms with Gasteiger partial charge in [0.15, 0.2) is 0 Å². The number of ether oxygens (including phenoxy) is 1. The lowest BCUT2D eigenvalue weighted by atomic mass is 10.00. The summed E-state index contributed by atoms with van der Waals surface area (Å²) in [5, 5.41) is 0. The maximum atomic E-state index is 6.11. The van der Waals surface area contributed by atoms with E-state index >= 15 is 0 Å². The molecule has 0 aliphatic heterocycles. The molecule has 0 spiro atoms. The van der Waals surface area contributed by atoms with Gasteiger partial charge in [-0.2, -0.15) is 0 Å². The first kappa shape index (κ1) is 19.5. The molecule has 0 N–H and O–H groups in total. The Bertz CT molecular complexity index is 652. The Morgan fingerprint density at radius 3 is 2.17 bits per heavy atom. The van der Waals surface area contributed by atoms with Gasteiger partial charge in [-0.15, -0.1) is 0 Å². The number of aryl methyl sites for hydroxylation is 1. The van der Waals surface area contributed by atoms with Crippen LogP contribution in [0, 0.1) is 6.92 Å². The van der Waals surface area contributed by atoms with E-state index in [2.05, 4.69) is 76.0 Å². The Morgan fingerprint density at radius 2 is 1.42 bits per heavy atom. The lowest BCUT2D eigenvalue weighted by Crippen LogP contribution is -1.99. The lowest BCUT2D eigenvalue weighted by Gasteiger charge is -2.14. The molecule has 0 atom stereocenters. The highest BCUT2D eigenvalue weighted by atomic mass is 79.9. The molecule has 2 aromatic carbocycles. The van der Waals surface area contributed by atoms with E-state index in [9.17, 15) is 0 Å². The van der Waals surface area contributed by atoms with Crippen molar-refractivity contribution in [2.45, 2.75) is 52.4 Å². The van der Waals surface area contributed by atoms with Crippen LogP contribution in [0.1, 0.15) is 51.0 Å². The van der Waals surface area contributed by atoms with Crippen LogP contribution < -0.4 is 4.74 Å². The SMILES string of the molecule is CCCCCCCCOc1ccc(Br)cc1-c1cc(Br)ccc1C. The third-order valence-electron chi connectivity index (χ3n) is 4.19. The van der Waals surface area contributed by atoms with Gasteiger partial charge in [-0.3, -0.25) is 0 Å². The van der Waals surface area contributed by atoms with E-state index in [1.807, 2.05) is 6.07 Å². The number of rotatable bonds is 9. The summed E-state index contributed by atoms with van der Waals surface area (Å²) in [5.41, 5.74) is 3.61. The average Bonchev–Trinajstić information content (AvgIpc) is 2.57. The van der Waals surface area contributed by atoms with Gasteiger partial charge in [-0.1, -0.05) is 77.0 Å². The van der Waals surface area contributed by atoms with Gasteiger partial charge >= 0.3 is 0 Å². The van der Waals surface area contributed by atoms with Gasteiger partial charge in [0.2, 0.25) is 0 Å². The molecule has 3 heteroatoms. The van der Waals surface area contributed by atoms with Crippen LogP contribution in [0.5, 0.6) is 5.75 Å². The monoisotopic (exact) mass is 452 g/mol. The molecule has 0 heterocycles. The van der Waals surface area contributed by atoms with Crippen molar-refractivity contribution in [3.63, 3.8) is 0 Å². The summed E-state index contributed by atoms with van der Waals surface area (Å²) >= 11 is 7.16. The zero-order valence-electron chi connectivity index (χ0n) is 14.6. The molecule has 2 aromatic rings.